The number of rotatable bonds is 3. The lowest BCUT2D eigenvalue weighted by Gasteiger charge is -2.58. The first-order valence-corrected chi connectivity index (χ1v) is 7.64. The van der Waals surface area contributed by atoms with Crippen molar-refractivity contribution in [3.8, 4) is 0 Å². The first-order chi connectivity index (χ1) is 8.69. The summed E-state index contributed by atoms with van der Waals surface area (Å²) in [6.45, 7) is 6.95. The number of carbonyl (C=O) groups is 1. The lowest BCUT2D eigenvalue weighted by atomic mass is 9.62. The smallest absolute Gasteiger partial charge is 0.410 e. The van der Waals surface area contributed by atoms with Crippen LogP contribution in [-0.4, -0.2) is 50.5 Å². The molecule has 0 aromatic carbocycles. The topological polar surface area (TPSA) is 76.1 Å². The number of likely N-dealkylation sites (tertiary alicyclic amines) is 1. The highest BCUT2D eigenvalue weighted by molar-refractivity contribution is 7.79. The SMILES string of the molecule is CC(C)(C)OC(=O)N1CC2(CC(OCS(=O)O)C2)C1. The molecule has 1 aliphatic heterocycles. The molecule has 1 N–H and O–H groups in total. The molecule has 2 fully saturated rings. The van der Waals surface area contributed by atoms with E-state index < -0.39 is 16.7 Å². The summed E-state index contributed by atoms with van der Waals surface area (Å²) in [7, 11) is 0. The number of carbonyl (C=O) groups excluding carboxylic acids is 1. The zero-order valence-corrected chi connectivity index (χ0v) is 12.4. The van der Waals surface area contributed by atoms with E-state index in [1.165, 1.54) is 0 Å². The van der Waals surface area contributed by atoms with Crippen LogP contribution in [0.2, 0.25) is 0 Å². The first kappa shape index (κ1) is 14.7. The summed E-state index contributed by atoms with van der Waals surface area (Å²) in [6, 6.07) is 0. The van der Waals surface area contributed by atoms with E-state index in [9.17, 15) is 9.00 Å². The van der Waals surface area contributed by atoms with Crippen molar-refractivity contribution in [2.24, 2.45) is 5.41 Å². The van der Waals surface area contributed by atoms with Crippen molar-refractivity contribution in [3.05, 3.63) is 0 Å². The fourth-order valence-corrected chi connectivity index (χ4v) is 2.96. The summed E-state index contributed by atoms with van der Waals surface area (Å²) >= 11 is -1.90. The Labute approximate surface area is 115 Å². The van der Waals surface area contributed by atoms with Crippen molar-refractivity contribution in [2.75, 3.05) is 19.0 Å². The molecule has 1 spiro atoms. The standard InChI is InChI=1S/C12H21NO5S/c1-11(2,3)18-10(14)13-6-12(7-13)4-9(5-12)17-8-19(15)16/h9H,4-8H2,1-3H3,(H,15,16). The van der Waals surface area contributed by atoms with Crippen LogP contribution in [0.1, 0.15) is 33.6 Å². The molecule has 0 bridgehead atoms. The highest BCUT2D eigenvalue weighted by atomic mass is 32.2. The Kier molecular flexibility index (Phi) is 3.90. The van der Waals surface area contributed by atoms with Crippen LogP contribution in [0.15, 0.2) is 0 Å². The van der Waals surface area contributed by atoms with E-state index in [2.05, 4.69) is 0 Å². The molecule has 19 heavy (non-hydrogen) atoms. The van der Waals surface area contributed by atoms with Gasteiger partial charge in [0.1, 0.15) is 11.5 Å². The van der Waals surface area contributed by atoms with E-state index in [1.54, 1.807) is 4.90 Å². The lowest BCUT2D eigenvalue weighted by molar-refractivity contribution is -0.139. The van der Waals surface area contributed by atoms with Gasteiger partial charge in [-0.1, -0.05) is 0 Å². The molecule has 0 radical (unpaired) electrons. The predicted molar refractivity (Wildman–Crippen MR) is 70.0 cm³/mol. The van der Waals surface area contributed by atoms with Gasteiger partial charge in [0.15, 0.2) is 11.1 Å². The average molecular weight is 291 g/mol. The van der Waals surface area contributed by atoms with Crippen molar-refractivity contribution in [2.45, 2.75) is 45.3 Å². The Morgan fingerprint density at radius 1 is 1.42 bits per heavy atom. The molecule has 1 atom stereocenters. The maximum absolute atomic E-state index is 11.8. The molecular weight excluding hydrogens is 270 g/mol. The van der Waals surface area contributed by atoms with E-state index in [4.69, 9.17) is 14.0 Å². The predicted octanol–water partition coefficient (Wildman–Crippen LogP) is 1.58. The minimum atomic E-state index is -1.90. The molecule has 7 heteroatoms. The molecule has 6 nitrogen and oxygen atoms in total. The van der Waals surface area contributed by atoms with Gasteiger partial charge in [0.2, 0.25) is 0 Å². The molecule has 1 unspecified atom stereocenters. The first-order valence-electron chi connectivity index (χ1n) is 6.36. The maximum atomic E-state index is 11.8. The number of ether oxygens (including phenoxy) is 2. The van der Waals surface area contributed by atoms with Crippen LogP contribution in [0.3, 0.4) is 0 Å². The number of amides is 1. The van der Waals surface area contributed by atoms with Crippen molar-refractivity contribution in [3.63, 3.8) is 0 Å². The Morgan fingerprint density at radius 3 is 2.47 bits per heavy atom. The monoisotopic (exact) mass is 291 g/mol. The van der Waals surface area contributed by atoms with Crippen molar-refractivity contribution >= 4 is 17.2 Å². The van der Waals surface area contributed by atoms with E-state index in [0.717, 1.165) is 12.8 Å². The van der Waals surface area contributed by atoms with E-state index in [1.807, 2.05) is 20.8 Å². The highest BCUT2D eigenvalue weighted by Crippen LogP contribution is 2.49. The van der Waals surface area contributed by atoms with E-state index in [0.29, 0.717) is 13.1 Å². The van der Waals surface area contributed by atoms with Gasteiger partial charge in [-0.3, -0.25) is 0 Å². The molecule has 1 heterocycles. The number of nitrogens with zero attached hydrogens (tertiary/aromatic N) is 1. The second kappa shape index (κ2) is 5.03. The molecule has 0 aromatic rings. The normalized spacial score (nSPS) is 23.7. The van der Waals surface area contributed by atoms with Crippen LogP contribution < -0.4 is 0 Å². The molecule has 2 rings (SSSR count). The molecule has 1 amide bonds. The van der Waals surface area contributed by atoms with Crippen LogP contribution in [-0.2, 0) is 20.6 Å². The molecule has 0 aromatic heterocycles. The Morgan fingerprint density at radius 2 is 2.00 bits per heavy atom. The van der Waals surface area contributed by atoms with Gasteiger partial charge >= 0.3 is 6.09 Å². The summed E-state index contributed by atoms with van der Waals surface area (Å²) in [5.74, 6) is -0.128. The Bertz CT molecular complexity index is 378. The Balaban J connectivity index is 1.67. The molecule has 2 aliphatic rings. The summed E-state index contributed by atoms with van der Waals surface area (Å²) in [5, 5.41) is 0. The van der Waals surface area contributed by atoms with Gasteiger partial charge in [-0.25, -0.2) is 9.00 Å². The largest absolute Gasteiger partial charge is 0.444 e. The average Bonchev–Trinajstić information content (AvgIpc) is 2.08. The second-order valence-electron chi connectivity index (χ2n) is 6.47. The molecule has 1 saturated heterocycles. The van der Waals surface area contributed by atoms with Gasteiger partial charge in [0.05, 0.1) is 6.10 Å². The summed E-state index contributed by atoms with van der Waals surface area (Å²) < 4.78 is 29.7. The zero-order chi connectivity index (χ0) is 14.3. The van der Waals surface area contributed by atoms with Crippen LogP contribution >= 0.6 is 0 Å². The van der Waals surface area contributed by atoms with Crippen LogP contribution in [0, 0.1) is 5.41 Å². The summed E-state index contributed by atoms with van der Waals surface area (Å²) in [5.41, 5.74) is -0.311. The summed E-state index contributed by atoms with van der Waals surface area (Å²) in [6.07, 6.45) is 1.49. The third-order valence-corrected chi connectivity index (χ3v) is 3.77. The third kappa shape index (κ3) is 3.67. The lowest BCUT2D eigenvalue weighted by Crippen LogP contribution is -2.65. The minimum absolute atomic E-state index is 0.0527. The molecule has 1 saturated carbocycles. The maximum Gasteiger partial charge on any atom is 0.410 e. The van der Waals surface area contributed by atoms with E-state index in [-0.39, 0.29) is 23.6 Å². The van der Waals surface area contributed by atoms with Gasteiger partial charge in [-0.2, -0.15) is 0 Å². The number of hydrogen-bond donors (Lipinski definition) is 1. The van der Waals surface area contributed by atoms with Crippen molar-refractivity contribution in [1.29, 1.82) is 0 Å². The second-order valence-corrected chi connectivity index (χ2v) is 7.35. The van der Waals surface area contributed by atoms with Crippen molar-refractivity contribution < 1.29 is 23.0 Å². The van der Waals surface area contributed by atoms with Crippen LogP contribution in [0.25, 0.3) is 0 Å². The fraction of sp³-hybridized carbons (Fsp3) is 0.917. The Hall–Kier alpha value is -0.660. The quantitative estimate of drug-likeness (QED) is 0.799. The third-order valence-electron chi connectivity index (χ3n) is 3.43. The molecule has 110 valence electrons. The van der Waals surface area contributed by atoms with Crippen LogP contribution in [0.4, 0.5) is 4.79 Å². The van der Waals surface area contributed by atoms with Gasteiger partial charge in [-0.05, 0) is 33.6 Å². The van der Waals surface area contributed by atoms with Gasteiger partial charge < -0.3 is 18.9 Å². The van der Waals surface area contributed by atoms with Crippen LogP contribution in [0.5, 0.6) is 0 Å². The van der Waals surface area contributed by atoms with Crippen molar-refractivity contribution in [1.82, 2.24) is 4.90 Å². The number of hydrogen-bond acceptors (Lipinski definition) is 4. The highest BCUT2D eigenvalue weighted by Gasteiger charge is 2.54. The molecular formula is C12H21NO5S. The molecule has 1 aliphatic carbocycles. The van der Waals surface area contributed by atoms with E-state index >= 15 is 0 Å². The summed E-state index contributed by atoms with van der Waals surface area (Å²) in [4.78, 5) is 13.5. The van der Waals surface area contributed by atoms with Gasteiger partial charge in [0.25, 0.3) is 0 Å². The minimum Gasteiger partial charge on any atom is -0.444 e. The fourth-order valence-electron chi connectivity index (χ4n) is 2.66. The van der Waals surface area contributed by atoms with Gasteiger partial charge in [-0.15, -0.1) is 0 Å². The van der Waals surface area contributed by atoms with Gasteiger partial charge in [0, 0.05) is 18.5 Å². The zero-order valence-electron chi connectivity index (χ0n) is 11.5.